The van der Waals surface area contributed by atoms with Crippen LogP contribution in [0.4, 0.5) is 17.6 Å². The van der Waals surface area contributed by atoms with Gasteiger partial charge >= 0.3 is 12.1 Å². The highest BCUT2D eigenvalue weighted by atomic mass is 19.4. The fourth-order valence-corrected chi connectivity index (χ4v) is 3.35. The van der Waals surface area contributed by atoms with E-state index in [1.54, 1.807) is 25.1 Å². The summed E-state index contributed by atoms with van der Waals surface area (Å²) in [4.78, 5) is 15.1. The minimum atomic E-state index is -4.49. The molecule has 0 saturated carbocycles. The van der Waals surface area contributed by atoms with Crippen molar-refractivity contribution in [2.75, 3.05) is 0 Å². The van der Waals surface area contributed by atoms with Gasteiger partial charge in [0.05, 0.1) is 11.1 Å². The number of hydrogen-bond donors (Lipinski definition) is 1. The van der Waals surface area contributed by atoms with E-state index in [1.165, 1.54) is 24.3 Å². The second-order valence-electron chi connectivity index (χ2n) is 7.00. The summed E-state index contributed by atoms with van der Waals surface area (Å²) in [6, 6.07) is 13.5. The molecule has 0 radical (unpaired) electrons. The Labute approximate surface area is 179 Å². The zero-order valence-corrected chi connectivity index (χ0v) is 16.4. The van der Waals surface area contributed by atoms with E-state index in [2.05, 4.69) is 10.1 Å². The van der Waals surface area contributed by atoms with Crippen molar-refractivity contribution in [2.45, 2.75) is 13.1 Å². The predicted octanol–water partition coefficient (Wildman–Crippen LogP) is 6.24. The van der Waals surface area contributed by atoms with E-state index in [0.717, 1.165) is 18.2 Å². The molecule has 1 heterocycles. The molecule has 4 rings (SSSR count). The highest BCUT2D eigenvalue weighted by molar-refractivity contribution is 5.88. The lowest BCUT2D eigenvalue weighted by atomic mass is 9.94. The van der Waals surface area contributed by atoms with Crippen molar-refractivity contribution in [1.82, 2.24) is 10.1 Å². The van der Waals surface area contributed by atoms with Crippen molar-refractivity contribution in [1.29, 1.82) is 0 Å². The molecule has 0 aliphatic carbocycles. The average molecular weight is 442 g/mol. The van der Waals surface area contributed by atoms with Gasteiger partial charge in [-0.05, 0) is 60.0 Å². The molecule has 0 spiro atoms. The summed E-state index contributed by atoms with van der Waals surface area (Å²) < 4.78 is 59.3. The maximum absolute atomic E-state index is 13.9. The molecular weight excluding hydrogens is 428 g/mol. The number of benzene rings is 3. The summed E-state index contributed by atoms with van der Waals surface area (Å²) in [7, 11) is 0. The Bertz CT molecular complexity index is 1330. The summed E-state index contributed by atoms with van der Waals surface area (Å²) in [6.45, 7) is 1.67. The van der Waals surface area contributed by atoms with Crippen LogP contribution in [-0.2, 0) is 6.18 Å². The predicted molar refractivity (Wildman–Crippen MR) is 107 cm³/mol. The second-order valence-corrected chi connectivity index (χ2v) is 7.00. The molecule has 0 atom stereocenters. The standard InChI is InChI=1S/C23H14F4N2O3/c1-12-10-14(7-8-15(12)16-4-2-3-5-18(16)23(25,26)27)21-28-20(29-32-21)13-6-9-17(22(30)31)19(24)11-13/h2-11H,1H3,(H,30,31). The van der Waals surface area contributed by atoms with Crippen LogP contribution < -0.4 is 0 Å². The summed E-state index contributed by atoms with van der Waals surface area (Å²) >= 11 is 0. The van der Waals surface area contributed by atoms with Gasteiger partial charge in [-0.3, -0.25) is 0 Å². The molecule has 0 amide bonds. The van der Waals surface area contributed by atoms with Crippen LogP contribution in [-0.4, -0.2) is 21.2 Å². The van der Waals surface area contributed by atoms with Crippen LogP contribution in [0.3, 0.4) is 0 Å². The lowest BCUT2D eigenvalue weighted by Crippen LogP contribution is -2.07. The van der Waals surface area contributed by atoms with Crippen LogP contribution in [0.25, 0.3) is 34.0 Å². The third kappa shape index (κ3) is 3.96. The number of carboxylic acid groups (broad SMARTS) is 1. The van der Waals surface area contributed by atoms with E-state index in [-0.39, 0.29) is 22.8 Å². The van der Waals surface area contributed by atoms with E-state index in [0.29, 0.717) is 16.7 Å². The number of hydrogen-bond acceptors (Lipinski definition) is 4. The van der Waals surface area contributed by atoms with E-state index < -0.39 is 29.1 Å². The SMILES string of the molecule is Cc1cc(-c2nc(-c3ccc(C(=O)O)c(F)c3)no2)ccc1-c1ccccc1C(F)(F)F. The number of aromatic nitrogens is 2. The van der Waals surface area contributed by atoms with Gasteiger partial charge in [-0.2, -0.15) is 18.2 Å². The van der Waals surface area contributed by atoms with Gasteiger partial charge in [0.2, 0.25) is 5.82 Å². The van der Waals surface area contributed by atoms with Crippen LogP contribution >= 0.6 is 0 Å². The van der Waals surface area contributed by atoms with Crippen molar-refractivity contribution in [3.63, 3.8) is 0 Å². The number of aromatic carboxylic acids is 1. The Kier molecular flexibility index (Phi) is 5.25. The minimum Gasteiger partial charge on any atom is -0.478 e. The number of aryl methyl sites for hydroxylation is 1. The number of rotatable bonds is 4. The molecule has 1 N–H and O–H groups in total. The van der Waals surface area contributed by atoms with E-state index >= 15 is 0 Å². The van der Waals surface area contributed by atoms with Crippen LogP contribution in [0, 0.1) is 12.7 Å². The maximum atomic E-state index is 13.9. The Hall–Kier alpha value is -4.01. The molecule has 9 heteroatoms. The molecule has 0 bridgehead atoms. The molecule has 0 aliphatic heterocycles. The first-order valence-electron chi connectivity index (χ1n) is 9.29. The fourth-order valence-electron chi connectivity index (χ4n) is 3.35. The monoisotopic (exact) mass is 442 g/mol. The van der Waals surface area contributed by atoms with Gasteiger partial charge in [0.15, 0.2) is 0 Å². The molecule has 4 aromatic rings. The quantitative estimate of drug-likeness (QED) is 0.379. The molecule has 0 fully saturated rings. The molecular formula is C23H14F4N2O3. The van der Waals surface area contributed by atoms with Gasteiger partial charge in [0.1, 0.15) is 5.82 Å². The summed E-state index contributed by atoms with van der Waals surface area (Å²) in [6.07, 6.45) is -4.49. The molecule has 0 aliphatic rings. The normalized spacial score (nSPS) is 11.5. The summed E-state index contributed by atoms with van der Waals surface area (Å²) in [5.41, 5.74) is 0.505. The molecule has 3 aromatic carbocycles. The van der Waals surface area contributed by atoms with Crippen LogP contribution in [0.15, 0.2) is 65.2 Å². The highest BCUT2D eigenvalue weighted by Gasteiger charge is 2.33. The van der Waals surface area contributed by atoms with Crippen LogP contribution in [0.2, 0.25) is 0 Å². The van der Waals surface area contributed by atoms with Gasteiger partial charge < -0.3 is 9.63 Å². The Morgan fingerprint density at radius 2 is 1.69 bits per heavy atom. The Balaban J connectivity index is 1.68. The smallest absolute Gasteiger partial charge is 0.417 e. The zero-order valence-electron chi connectivity index (χ0n) is 16.4. The summed E-state index contributed by atoms with van der Waals surface area (Å²) in [5.74, 6) is -2.21. The first kappa shape index (κ1) is 21.2. The molecule has 0 unspecified atom stereocenters. The number of halogens is 4. The van der Waals surface area contributed by atoms with E-state index in [1.807, 2.05) is 0 Å². The molecule has 32 heavy (non-hydrogen) atoms. The Morgan fingerprint density at radius 3 is 2.34 bits per heavy atom. The van der Waals surface area contributed by atoms with Gasteiger partial charge in [0.25, 0.3) is 5.89 Å². The van der Waals surface area contributed by atoms with Crippen molar-refractivity contribution in [3.05, 3.63) is 83.2 Å². The maximum Gasteiger partial charge on any atom is 0.417 e. The Morgan fingerprint density at radius 1 is 0.969 bits per heavy atom. The largest absolute Gasteiger partial charge is 0.478 e. The number of carbonyl (C=O) groups is 1. The highest BCUT2D eigenvalue weighted by Crippen LogP contribution is 2.38. The number of carboxylic acids is 1. The average Bonchev–Trinajstić information content (AvgIpc) is 3.23. The lowest BCUT2D eigenvalue weighted by molar-refractivity contribution is -0.137. The molecule has 162 valence electrons. The van der Waals surface area contributed by atoms with Crippen molar-refractivity contribution in [2.24, 2.45) is 0 Å². The third-order valence-corrected chi connectivity index (χ3v) is 4.88. The first-order chi connectivity index (χ1) is 15.1. The lowest BCUT2D eigenvalue weighted by Gasteiger charge is -2.14. The fraction of sp³-hybridized carbons (Fsp3) is 0.0870. The van der Waals surface area contributed by atoms with Gasteiger partial charge in [-0.15, -0.1) is 0 Å². The van der Waals surface area contributed by atoms with Gasteiger partial charge in [-0.25, -0.2) is 9.18 Å². The topological polar surface area (TPSA) is 76.2 Å². The van der Waals surface area contributed by atoms with Gasteiger partial charge in [-0.1, -0.05) is 29.4 Å². The molecule has 1 aromatic heterocycles. The van der Waals surface area contributed by atoms with Crippen LogP contribution in [0.1, 0.15) is 21.5 Å². The first-order valence-corrected chi connectivity index (χ1v) is 9.29. The van der Waals surface area contributed by atoms with E-state index in [9.17, 15) is 22.4 Å². The molecule has 0 saturated heterocycles. The van der Waals surface area contributed by atoms with Crippen LogP contribution in [0.5, 0.6) is 0 Å². The third-order valence-electron chi connectivity index (χ3n) is 4.88. The van der Waals surface area contributed by atoms with Gasteiger partial charge in [0, 0.05) is 11.1 Å². The summed E-state index contributed by atoms with van der Waals surface area (Å²) in [5, 5.41) is 12.7. The molecule has 5 nitrogen and oxygen atoms in total. The minimum absolute atomic E-state index is 0.0417. The second kappa shape index (κ2) is 7.92. The zero-order chi connectivity index (χ0) is 23.0. The van der Waals surface area contributed by atoms with Crippen molar-refractivity contribution < 1.29 is 32.0 Å². The number of alkyl halides is 3. The van der Waals surface area contributed by atoms with Crippen molar-refractivity contribution >= 4 is 5.97 Å². The number of nitrogens with zero attached hydrogens (tertiary/aromatic N) is 2. The van der Waals surface area contributed by atoms with E-state index in [4.69, 9.17) is 9.63 Å². The van der Waals surface area contributed by atoms with Crippen molar-refractivity contribution in [3.8, 4) is 34.0 Å².